The predicted molar refractivity (Wildman–Crippen MR) is 172 cm³/mol. The first-order valence-corrected chi connectivity index (χ1v) is 17.0. The Labute approximate surface area is 271 Å². The zero-order valence-corrected chi connectivity index (χ0v) is 27.4. The Balaban J connectivity index is 1.11. The highest BCUT2D eigenvalue weighted by molar-refractivity contribution is 7.09. The molecule has 8 rings (SSSR count). The lowest BCUT2D eigenvalue weighted by molar-refractivity contribution is -0.0368. The van der Waals surface area contributed by atoms with Crippen molar-refractivity contribution in [2.24, 2.45) is 11.8 Å². The molecule has 46 heavy (non-hydrogen) atoms. The van der Waals surface area contributed by atoms with Crippen LogP contribution in [0, 0.1) is 18.8 Å². The van der Waals surface area contributed by atoms with Crippen molar-refractivity contribution in [3.63, 3.8) is 0 Å². The summed E-state index contributed by atoms with van der Waals surface area (Å²) in [6.45, 7) is 10.6. The molecule has 3 aromatic heterocycles. The molecule has 1 aromatic carbocycles. The Kier molecular flexibility index (Phi) is 7.09. The molecule has 1 amide bonds. The molecule has 3 aliphatic heterocycles. The highest BCUT2D eigenvalue weighted by Crippen LogP contribution is 2.64. The van der Waals surface area contributed by atoms with Gasteiger partial charge in [-0.1, -0.05) is 6.07 Å². The van der Waals surface area contributed by atoms with Gasteiger partial charge in [0.15, 0.2) is 23.4 Å². The van der Waals surface area contributed by atoms with Crippen LogP contribution in [0.2, 0.25) is 0 Å². The number of rotatable bonds is 6. The van der Waals surface area contributed by atoms with E-state index < -0.39 is 11.7 Å². The number of nitrogens with zero attached hydrogens (tertiary/aromatic N) is 6. The number of carbonyl (C=O) groups is 1. The van der Waals surface area contributed by atoms with Crippen LogP contribution in [0.3, 0.4) is 0 Å². The molecule has 0 radical (unpaired) electrons. The molecule has 4 aliphatic rings. The van der Waals surface area contributed by atoms with Crippen LogP contribution in [0.25, 0.3) is 22.4 Å². The smallest absolute Gasteiger partial charge is 0.407 e. The Hall–Kier alpha value is -3.97. The lowest BCUT2D eigenvalue weighted by atomic mass is 10.0. The van der Waals surface area contributed by atoms with E-state index in [-0.39, 0.29) is 18.4 Å². The van der Waals surface area contributed by atoms with Crippen LogP contribution >= 0.6 is 11.3 Å². The molecule has 13 heteroatoms. The highest BCUT2D eigenvalue weighted by atomic mass is 32.1. The number of ether oxygens (including phenoxy) is 4. The molecule has 1 aliphatic carbocycles. The van der Waals surface area contributed by atoms with Crippen LogP contribution in [0.15, 0.2) is 29.8 Å². The number of benzene rings is 1. The summed E-state index contributed by atoms with van der Waals surface area (Å²) in [5.74, 6) is 2.91. The number of thiazole rings is 1. The van der Waals surface area contributed by atoms with Gasteiger partial charge in [0.25, 0.3) is 0 Å². The first-order chi connectivity index (χ1) is 22.2. The molecule has 2 saturated heterocycles. The van der Waals surface area contributed by atoms with Gasteiger partial charge < -0.3 is 29.2 Å². The second kappa shape index (κ2) is 11.1. The topological polar surface area (TPSA) is 126 Å². The molecule has 6 heterocycles. The molecule has 4 aromatic rings. The largest absolute Gasteiger partial charge is 0.454 e. The van der Waals surface area contributed by atoms with Crippen LogP contribution in [-0.2, 0) is 14.9 Å². The van der Waals surface area contributed by atoms with Crippen LogP contribution in [0.4, 0.5) is 10.6 Å². The second-order valence-corrected chi connectivity index (χ2v) is 14.5. The van der Waals surface area contributed by atoms with E-state index in [9.17, 15) is 4.79 Å². The Bertz CT molecular complexity index is 1790. The van der Waals surface area contributed by atoms with Crippen molar-refractivity contribution >= 4 is 34.4 Å². The van der Waals surface area contributed by atoms with Gasteiger partial charge in [-0.15, -0.1) is 11.3 Å². The molecule has 12 nitrogen and oxygen atoms in total. The number of alkyl carbamates (subject to hydrolysis) is 1. The zero-order valence-electron chi connectivity index (χ0n) is 26.6. The van der Waals surface area contributed by atoms with Crippen molar-refractivity contribution in [1.29, 1.82) is 0 Å². The summed E-state index contributed by atoms with van der Waals surface area (Å²) < 4.78 is 25.2. The molecule has 1 N–H and O–H groups in total. The Morgan fingerprint density at radius 3 is 2.85 bits per heavy atom. The minimum absolute atomic E-state index is 0.180. The normalized spacial score (nSPS) is 25.4. The molecule has 0 spiro atoms. The van der Waals surface area contributed by atoms with E-state index in [1.165, 1.54) is 0 Å². The molecular formula is C33H39N7O5S. The number of hydrogen-bond donors (Lipinski definition) is 1. The summed E-state index contributed by atoms with van der Waals surface area (Å²) in [6, 6.07) is 5.83. The van der Waals surface area contributed by atoms with Crippen molar-refractivity contribution in [3.8, 4) is 22.8 Å². The van der Waals surface area contributed by atoms with Crippen molar-refractivity contribution < 1.29 is 23.7 Å². The third-order valence-electron chi connectivity index (χ3n) is 9.56. The number of amides is 1. The number of anilines is 1. The number of fused-ring (bicyclic) bond motifs is 3. The molecule has 4 atom stereocenters. The van der Waals surface area contributed by atoms with Gasteiger partial charge in [-0.25, -0.2) is 24.4 Å². The molecule has 4 unspecified atom stereocenters. The lowest BCUT2D eigenvalue weighted by Crippen LogP contribution is -2.38. The first-order valence-electron chi connectivity index (χ1n) is 16.1. The van der Waals surface area contributed by atoms with E-state index in [1.54, 1.807) is 11.3 Å². The number of para-hydroxylation sites is 1. The number of aryl methyl sites for hydroxylation is 1. The lowest BCUT2D eigenvalue weighted by Gasteiger charge is -2.27. The minimum Gasteiger partial charge on any atom is -0.454 e. The van der Waals surface area contributed by atoms with E-state index in [4.69, 9.17) is 39.0 Å². The number of carbonyl (C=O) groups excluding carboxylic acids is 1. The minimum atomic E-state index is -0.560. The van der Waals surface area contributed by atoms with Gasteiger partial charge >= 0.3 is 6.09 Å². The summed E-state index contributed by atoms with van der Waals surface area (Å²) in [6.07, 6.45) is 5.18. The summed E-state index contributed by atoms with van der Waals surface area (Å²) in [7, 11) is 0. The van der Waals surface area contributed by atoms with Gasteiger partial charge in [0, 0.05) is 42.7 Å². The summed E-state index contributed by atoms with van der Waals surface area (Å²) in [5, 5.41) is 11.3. The second-order valence-electron chi connectivity index (χ2n) is 13.7. The number of nitrogens with one attached hydrogen (secondary N) is 1. The van der Waals surface area contributed by atoms with Crippen molar-refractivity contribution in [2.45, 2.75) is 70.6 Å². The molecule has 3 fully saturated rings. The number of aromatic nitrogens is 5. The quantitative estimate of drug-likeness (QED) is 0.283. The van der Waals surface area contributed by atoms with Crippen molar-refractivity contribution in [2.75, 3.05) is 37.9 Å². The maximum Gasteiger partial charge on any atom is 0.407 e. The Morgan fingerprint density at radius 2 is 2.07 bits per heavy atom. The van der Waals surface area contributed by atoms with E-state index >= 15 is 0 Å². The highest BCUT2D eigenvalue weighted by Gasteiger charge is 2.68. The first kappa shape index (κ1) is 29.4. The molecule has 1 saturated carbocycles. The number of piperidine rings is 1. The average Bonchev–Trinajstić information content (AvgIpc) is 3.48. The van der Waals surface area contributed by atoms with E-state index in [0.717, 1.165) is 60.9 Å². The average molecular weight is 646 g/mol. The fourth-order valence-corrected chi connectivity index (χ4v) is 8.53. The third kappa shape index (κ3) is 5.04. The van der Waals surface area contributed by atoms with Gasteiger partial charge in [-0.2, -0.15) is 5.10 Å². The fraction of sp³-hybridized carbons (Fsp3) is 0.545. The SMILES string of the molecule is Cc1csc(C2(CNC(=O)OC(C)(C)C)C3CCN(c4cnc5c(-c6cccc7c6OCO7)nn(C6CCCCO6)c5n4)CC32)n1. The van der Waals surface area contributed by atoms with E-state index in [0.29, 0.717) is 53.3 Å². The maximum absolute atomic E-state index is 12.7. The van der Waals surface area contributed by atoms with Crippen LogP contribution in [0.5, 0.6) is 11.5 Å². The van der Waals surface area contributed by atoms with Gasteiger partial charge in [-0.3, -0.25) is 0 Å². The summed E-state index contributed by atoms with van der Waals surface area (Å²) >= 11 is 1.68. The Morgan fingerprint density at radius 1 is 1.17 bits per heavy atom. The zero-order chi connectivity index (χ0) is 31.6. The van der Waals surface area contributed by atoms with Crippen molar-refractivity contribution in [3.05, 3.63) is 40.5 Å². The van der Waals surface area contributed by atoms with Crippen LogP contribution < -0.4 is 19.7 Å². The van der Waals surface area contributed by atoms with Gasteiger partial charge in [0.05, 0.1) is 11.8 Å². The molecule has 242 valence electrons. The molecule has 0 bridgehead atoms. The van der Waals surface area contributed by atoms with E-state index in [2.05, 4.69) is 15.6 Å². The fourth-order valence-electron chi connectivity index (χ4n) is 7.41. The molecular weight excluding hydrogens is 606 g/mol. The summed E-state index contributed by atoms with van der Waals surface area (Å²) in [5.41, 5.74) is 3.15. The monoisotopic (exact) mass is 645 g/mol. The number of hydrogen-bond acceptors (Lipinski definition) is 11. The third-order valence-corrected chi connectivity index (χ3v) is 10.7. The predicted octanol–water partition coefficient (Wildman–Crippen LogP) is 5.60. The van der Waals surface area contributed by atoms with Gasteiger partial charge in [0.2, 0.25) is 6.79 Å². The maximum atomic E-state index is 12.7. The van der Waals surface area contributed by atoms with Gasteiger partial charge in [-0.05, 0) is 77.3 Å². The van der Waals surface area contributed by atoms with Crippen LogP contribution in [-0.4, -0.2) is 69.5 Å². The summed E-state index contributed by atoms with van der Waals surface area (Å²) in [4.78, 5) is 30.1. The van der Waals surface area contributed by atoms with E-state index in [1.807, 2.05) is 56.8 Å². The van der Waals surface area contributed by atoms with Gasteiger partial charge in [0.1, 0.15) is 27.6 Å². The van der Waals surface area contributed by atoms with Crippen molar-refractivity contribution in [1.82, 2.24) is 30.0 Å². The van der Waals surface area contributed by atoms with Crippen LogP contribution in [0.1, 0.15) is 63.4 Å². The standard InChI is InChI=1S/C33H39N7O5S/c1-19-16-46-30(36-19)33(17-35-31(41)45-32(2,3)4)21-11-12-39(15-22(21)33)24-14-34-27-26(20-8-7-9-23-28(20)44-18-43-23)38-40(29(27)37-24)25-10-5-6-13-42-25/h7-9,14,16,21-22,25H,5-6,10-13,15,17-18H2,1-4H3,(H,35,41).